The topological polar surface area (TPSA) is 59.9 Å². The van der Waals surface area contributed by atoms with Gasteiger partial charge >= 0.3 is 6.18 Å². The third-order valence-electron chi connectivity index (χ3n) is 1.61. The Balaban J connectivity index is 2.67. The zero-order chi connectivity index (χ0) is 13.1. The molecule has 0 N–H and O–H groups in total. The van der Waals surface area contributed by atoms with Crippen LogP contribution < -0.4 is 0 Å². The zero-order valence-electron chi connectivity index (χ0n) is 8.73. The fourth-order valence-corrected chi connectivity index (χ4v) is 2.88. The molecule has 1 aromatic heterocycles. The van der Waals surface area contributed by atoms with E-state index in [-0.39, 0.29) is 16.7 Å². The molecule has 0 aliphatic rings. The van der Waals surface area contributed by atoms with Crippen molar-refractivity contribution in [3.8, 4) is 0 Å². The Morgan fingerprint density at radius 3 is 2.59 bits per heavy atom. The highest BCUT2D eigenvalue weighted by atomic mass is 32.2. The summed E-state index contributed by atoms with van der Waals surface area (Å²) in [6, 6.07) is 0.765. The summed E-state index contributed by atoms with van der Waals surface area (Å²) in [5, 5.41) is -0.0801. The lowest BCUT2D eigenvalue weighted by Crippen LogP contribution is -2.09. The molecule has 0 radical (unpaired) electrons. The van der Waals surface area contributed by atoms with Crippen molar-refractivity contribution in [2.45, 2.75) is 11.3 Å². The summed E-state index contributed by atoms with van der Waals surface area (Å²) in [6.07, 6.45) is -2.46. The largest absolute Gasteiger partial charge is 0.433 e. The molecule has 96 valence electrons. The summed E-state index contributed by atoms with van der Waals surface area (Å²) in [5.74, 6) is -0.00256. The second-order valence-electron chi connectivity index (χ2n) is 3.20. The SMILES string of the molecule is CS(=O)(=O)CCSc1nccc(C(F)(F)F)n1. The summed E-state index contributed by atoms with van der Waals surface area (Å²) in [4.78, 5) is 6.93. The molecule has 0 unspecified atom stereocenters. The highest BCUT2D eigenvalue weighted by molar-refractivity contribution is 8.00. The predicted molar refractivity (Wildman–Crippen MR) is 57.5 cm³/mol. The number of hydrogen-bond donors (Lipinski definition) is 0. The highest BCUT2D eigenvalue weighted by Crippen LogP contribution is 2.28. The molecule has 0 aliphatic carbocycles. The molecule has 1 rings (SSSR count). The minimum atomic E-state index is -4.52. The maximum Gasteiger partial charge on any atom is 0.433 e. The quantitative estimate of drug-likeness (QED) is 0.622. The number of hydrogen-bond acceptors (Lipinski definition) is 5. The van der Waals surface area contributed by atoms with Crippen LogP contribution in [0.25, 0.3) is 0 Å². The van der Waals surface area contributed by atoms with Gasteiger partial charge in [-0.25, -0.2) is 18.4 Å². The Morgan fingerprint density at radius 1 is 1.41 bits per heavy atom. The summed E-state index contributed by atoms with van der Waals surface area (Å²) >= 11 is 0.876. The lowest BCUT2D eigenvalue weighted by atomic mass is 10.4. The molecule has 0 aromatic carbocycles. The molecule has 0 aliphatic heterocycles. The van der Waals surface area contributed by atoms with E-state index in [1.54, 1.807) is 0 Å². The first-order valence-corrected chi connectivity index (χ1v) is 7.44. The van der Waals surface area contributed by atoms with E-state index < -0.39 is 21.7 Å². The third kappa shape index (κ3) is 5.35. The van der Waals surface area contributed by atoms with Gasteiger partial charge in [0.05, 0.1) is 5.75 Å². The fourth-order valence-electron chi connectivity index (χ4n) is 0.853. The molecule has 0 saturated carbocycles. The number of aromatic nitrogens is 2. The molecule has 0 saturated heterocycles. The Bertz CT molecular complexity index is 488. The van der Waals surface area contributed by atoms with Gasteiger partial charge in [-0.2, -0.15) is 13.2 Å². The van der Waals surface area contributed by atoms with Crippen molar-refractivity contribution >= 4 is 21.6 Å². The Morgan fingerprint density at radius 2 is 2.06 bits per heavy atom. The lowest BCUT2D eigenvalue weighted by Gasteiger charge is -2.06. The number of rotatable bonds is 4. The van der Waals surface area contributed by atoms with Gasteiger partial charge in [0.2, 0.25) is 0 Å². The molecular weight excluding hydrogens is 277 g/mol. The van der Waals surface area contributed by atoms with E-state index in [1.165, 1.54) is 0 Å². The number of alkyl halides is 3. The van der Waals surface area contributed by atoms with Crippen LogP contribution in [0.2, 0.25) is 0 Å². The Kier molecular flexibility index (Phi) is 4.36. The summed E-state index contributed by atoms with van der Waals surface area (Å²) in [6.45, 7) is 0. The van der Waals surface area contributed by atoms with Crippen LogP contribution in [-0.4, -0.2) is 36.1 Å². The van der Waals surface area contributed by atoms with Crippen LogP contribution in [-0.2, 0) is 16.0 Å². The monoisotopic (exact) mass is 286 g/mol. The van der Waals surface area contributed by atoms with E-state index in [1.807, 2.05) is 0 Å². The molecule has 0 fully saturated rings. The minimum absolute atomic E-state index is 0.0801. The highest BCUT2D eigenvalue weighted by Gasteiger charge is 2.32. The first-order chi connectivity index (χ1) is 7.68. The van der Waals surface area contributed by atoms with Crippen molar-refractivity contribution < 1.29 is 21.6 Å². The maximum atomic E-state index is 12.3. The zero-order valence-corrected chi connectivity index (χ0v) is 10.4. The van der Waals surface area contributed by atoms with Crippen LogP contribution in [0.1, 0.15) is 5.69 Å². The van der Waals surface area contributed by atoms with Crippen molar-refractivity contribution in [2.24, 2.45) is 0 Å². The number of halogens is 3. The molecule has 4 nitrogen and oxygen atoms in total. The second kappa shape index (κ2) is 5.21. The van der Waals surface area contributed by atoms with E-state index in [0.29, 0.717) is 0 Å². The normalized spacial score (nSPS) is 12.7. The average molecular weight is 286 g/mol. The van der Waals surface area contributed by atoms with E-state index in [2.05, 4.69) is 9.97 Å². The third-order valence-corrected chi connectivity index (χ3v) is 3.68. The summed E-state index contributed by atoms with van der Waals surface area (Å²) in [7, 11) is -3.13. The summed E-state index contributed by atoms with van der Waals surface area (Å²) in [5.41, 5.74) is -1.03. The van der Waals surface area contributed by atoms with Crippen LogP contribution in [0.5, 0.6) is 0 Å². The lowest BCUT2D eigenvalue weighted by molar-refractivity contribution is -0.141. The smallest absolute Gasteiger partial charge is 0.231 e. The van der Waals surface area contributed by atoms with E-state index in [9.17, 15) is 21.6 Å². The van der Waals surface area contributed by atoms with Gasteiger partial charge in [0, 0.05) is 18.2 Å². The first kappa shape index (κ1) is 14.2. The molecule has 17 heavy (non-hydrogen) atoms. The van der Waals surface area contributed by atoms with Crippen LogP contribution in [0.4, 0.5) is 13.2 Å². The van der Waals surface area contributed by atoms with Crippen molar-refractivity contribution in [2.75, 3.05) is 17.8 Å². The first-order valence-electron chi connectivity index (χ1n) is 4.39. The Labute approximate surface area is 101 Å². The van der Waals surface area contributed by atoms with Crippen molar-refractivity contribution in [1.29, 1.82) is 0 Å². The Hall–Kier alpha value is -0.830. The molecular formula is C8H9F3N2O2S2. The van der Waals surface area contributed by atoms with E-state index in [4.69, 9.17) is 0 Å². The van der Waals surface area contributed by atoms with Crippen LogP contribution >= 0.6 is 11.8 Å². The van der Waals surface area contributed by atoms with Gasteiger partial charge in [0.25, 0.3) is 0 Å². The molecule has 1 aromatic rings. The van der Waals surface area contributed by atoms with Crippen molar-refractivity contribution in [3.05, 3.63) is 18.0 Å². The summed E-state index contributed by atoms with van der Waals surface area (Å²) < 4.78 is 58.5. The number of sulfone groups is 1. The van der Waals surface area contributed by atoms with Crippen LogP contribution in [0.15, 0.2) is 17.4 Å². The van der Waals surface area contributed by atoms with Crippen molar-refractivity contribution in [3.63, 3.8) is 0 Å². The van der Waals surface area contributed by atoms with Gasteiger partial charge in [0.15, 0.2) is 5.16 Å². The van der Waals surface area contributed by atoms with Crippen molar-refractivity contribution in [1.82, 2.24) is 9.97 Å². The molecule has 0 atom stereocenters. The van der Waals surface area contributed by atoms with Gasteiger partial charge < -0.3 is 0 Å². The van der Waals surface area contributed by atoms with Gasteiger partial charge in [-0.3, -0.25) is 0 Å². The van der Waals surface area contributed by atoms with Gasteiger partial charge in [0.1, 0.15) is 15.5 Å². The second-order valence-corrected chi connectivity index (χ2v) is 6.52. The number of nitrogens with zero attached hydrogens (tertiary/aromatic N) is 2. The molecule has 0 spiro atoms. The number of thioether (sulfide) groups is 1. The minimum Gasteiger partial charge on any atom is -0.231 e. The van der Waals surface area contributed by atoms with Gasteiger partial charge in [-0.15, -0.1) is 0 Å². The predicted octanol–water partition coefficient (Wildman–Crippen LogP) is 1.63. The van der Waals surface area contributed by atoms with Gasteiger partial charge in [-0.05, 0) is 6.07 Å². The van der Waals surface area contributed by atoms with Crippen LogP contribution in [0.3, 0.4) is 0 Å². The van der Waals surface area contributed by atoms with Gasteiger partial charge in [-0.1, -0.05) is 11.8 Å². The van der Waals surface area contributed by atoms with E-state index >= 15 is 0 Å². The average Bonchev–Trinajstić information content (AvgIpc) is 2.15. The maximum absolute atomic E-state index is 12.3. The van der Waals surface area contributed by atoms with Crippen LogP contribution in [0, 0.1) is 0 Å². The molecule has 9 heteroatoms. The standard InChI is InChI=1S/C8H9F3N2O2S2/c1-17(14,15)5-4-16-7-12-3-2-6(13-7)8(9,10)11/h2-3H,4-5H2,1H3. The van der Waals surface area contributed by atoms with E-state index in [0.717, 1.165) is 30.3 Å². The molecule has 0 bridgehead atoms. The molecule has 1 heterocycles. The molecule has 0 amide bonds. The fraction of sp³-hybridized carbons (Fsp3) is 0.500.